The number of hydrogen-bond donors (Lipinski definition) is 4. The van der Waals surface area contributed by atoms with Gasteiger partial charge in [0.2, 0.25) is 5.91 Å². The molecule has 0 aliphatic heterocycles. The number of benzene rings is 2. The highest BCUT2D eigenvalue weighted by Gasteiger charge is 2.19. The maximum Gasteiger partial charge on any atom is 0.224 e. The van der Waals surface area contributed by atoms with E-state index in [2.05, 4.69) is 35.8 Å². The van der Waals surface area contributed by atoms with Crippen LogP contribution in [0, 0.1) is 11.6 Å². The summed E-state index contributed by atoms with van der Waals surface area (Å²) in [5, 5.41) is 13.8. The van der Waals surface area contributed by atoms with Crippen molar-refractivity contribution >= 4 is 39.2 Å². The topological polar surface area (TPSA) is 128 Å². The summed E-state index contributed by atoms with van der Waals surface area (Å²) < 4.78 is 30.0. The van der Waals surface area contributed by atoms with Gasteiger partial charge in [-0.05, 0) is 68.5 Å². The van der Waals surface area contributed by atoms with E-state index in [4.69, 9.17) is 4.98 Å². The third-order valence-electron chi connectivity index (χ3n) is 7.42. The number of imidazole rings is 1. The Balaban J connectivity index is 1.36. The molecular formula is C33H33F2N9O. The molecule has 4 heterocycles. The van der Waals surface area contributed by atoms with Crippen molar-refractivity contribution in [1.82, 2.24) is 35.0 Å². The highest BCUT2D eigenvalue weighted by Crippen LogP contribution is 2.34. The number of nitrogens with one attached hydrogen (secondary N) is 4. The fourth-order valence-electron chi connectivity index (χ4n) is 5.17. The van der Waals surface area contributed by atoms with Crippen molar-refractivity contribution in [3.8, 4) is 33.9 Å². The summed E-state index contributed by atoms with van der Waals surface area (Å²) in [5.74, 6) is -0.580. The monoisotopic (exact) mass is 609 g/mol. The zero-order valence-electron chi connectivity index (χ0n) is 25.2. The van der Waals surface area contributed by atoms with Gasteiger partial charge < -0.3 is 20.5 Å². The minimum atomic E-state index is -0.519. The van der Waals surface area contributed by atoms with Gasteiger partial charge >= 0.3 is 0 Å². The number of fused-ring (bicyclic) bond motifs is 2. The lowest BCUT2D eigenvalue weighted by atomic mass is 10.0. The second-order valence-corrected chi connectivity index (χ2v) is 11.2. The lowest BCUT2D eigenvalue weighted by Crippen LogP contribution is -2.20. The predicted octanol–water partition coefficient (Wildman–Crippen LogP) is 6.61. The van der Waals surface area contributed by atoms with Crippen LogP contribution in [0.2, 0.25) is 0 Å². The molecule has 0 aliphatic carbocycles. The molecule has 0 spiro atoms. The third kappa shape index (κ3) is 6.50. The van der Waals surface area contributed by atoms with Crippen LogP contribution in [-0.2, 0) is 4.79 Å². The van der Waals surface area contributed by atoms with E-state index >= 15 is 4.39 Å². The van der Waals surface area contributed by atoms with Gasteiger partial charge in [0.15, 0.2) is 11.6 Å². The van der Waals surface area contributed by atoms with E-state index in [1.165, 1.54) is 18.2 Å². The molecule has 4 N–H and O–H groups in total. The number of aromatic amines is 2. The Hall–Kier alpha value is -5.23. The van der Waals surface area contributed by atoms with Gasteiger partial charge in [0.1, 0.15) is 22.5 Å². The Labute approximate surface area is 258 Å². The molecule has 0 unspecified atom stereocenters. The molecule has 0 saturated heterocycles. The molecule has 45 heavy (non-hydrogen) atoms. The summed E-state index contributed by atoms with van der Waals surface area (Å²) in [5.41, 5.74) is 5.30. The molecule has 0 fully saturated rings. The van der Waals surface area contributed by atoms with Crippen LogP contribution >= 0.6 is 0 Å². The summed E-state index contributed by atoms with van der Waals surface area (Å²) in [4.78, 5) is 31.2. The number of unbranched alkanes of at least 4 members (excludes halogenated alkanes) is 1. The second-order valence-electron chi connectivity index (χ2n) is 11.2. The normalized spacial score (nSPS) is 11.5. The number of rotatable bonds is 11. The number of carbonyl (C=O) groups is 1. The number of carbonyl (C=O) groups excluding carboxylic acids is 1. The lowest BCUT2D eigenvalue weighted by Gasteiger charge is -2.12. The smallest absolute Gasteiger partial charge is 0.224 e. The largest absolute Gasteiger partial charge is 0.384 e. The first-order valence-electron chi connectivity index (χ1n) is 14.8. The lowest BCUT2D eigenvalue weighted by molar-refractivity contribution is -0.116. The average Bonchev–Trinajstić information content (AvgIpc) is 3.64. The number of halogens is 2. The standard InChI is InChI=1S/C33H33F2N9O/c1-4-5-6-28(45)39-24-13-21(17-36-18-24)19-14-25-30(26(35)15-19)42-43-31(25)33-40-27-7-8-38-29(32(27)41-33)20-11-22(34)16-23(12-20)37-9-10-44(2)3/h7-8,11-18,37H,4-6,9-10H2,1-3H3,(H,39,45)(H,40,41)(H,42,43). The highest BCUT2D eigenvalue weighted by molar-refractivity contribution is 5.98. The number of nitrogens with zero attached hydrogens (tertiary/aromatic N) is 5. The van der Waals surface area contributed by atoms with Gasteiger partial charge in [0, 0.05) is 54.1 Å². The van der Waals surface area contributed by atoms with E-state index in [-0.39, 0.29) is 11.4 Å². The van der Waals surface area contributed by atoms with E-state index in [1.54, 1.807) is 30.7 Å². The summed E-state index contributed by atoms with van der Waals surface area (Å²) >= 11 is 0. The van der Waals surface area contributed by atoms with Gasteiger partial charge in [0.05, 0.1) is 23.1 Å². The first kappa shape index (κ1) is 29.8. The molecule has 10 nitrogen and oxygen atoms in total. The fraction of sp³-hybridized carbons (Fsp3) is 0.242. The van der Waals surface area contributed by atoms with Crippen LogP contribution in [0.15, 0.2) is 61.1 Å². The van der Waals surface area contributed by atoms with E-state index in [1.807, 2.05) is 38.1 Å². The third-order valence-corrected chi connectivity index (χ3v) is 7.42. The van der Waals surface area contributed by atoms with E-state index in [0.717, 1.165) is 19.4 Å². The molecule has 6 aromatic rings. The van der Waals surface area contributed by atoms with Gasteiger partial charge in [-0.2, -0.15) is 5.10 Å². The first-order chi connectivity index (χ1) is 21.8. The van der Waals surface area contributed by atoms with Crippen LogP contribution in [0.1, 0.15) is 26.2 Å². The predicted molar refractivity (Wildman–Crippen MR) is 173 cm³/mol. The summed E-state index contributed by atoms with van der Waals surface area (Å²) in [6, 6.07) is 11.5. The minimum absolute atomic E-state index is 0.0941. The van der Waals surface area contributed by atoms with Crippen molar-refractivity contribution in [3.05, 3.63) is 72.7 Å². The minimum Gasteiger partial charge on any atom is -0.384 e. The molecule has 0 saturated carbocycles. The molecule has 1 amide bonds. The molecule has 230 valence electrons. The Bertz CT molecular complexity index is 2000. The Kier molecular flexibility index (Phi) is 8.47. The molecule has 2 aromatic carbocycles. The molecule has 0 atom stereocenters. The molecule has 0 aliphatic rings. The Morgan fingerprint density at radius 2 is 1.82 bits per heavy atom. The van der Waals surface area contributed by atoms with Crippen molar-refractivity contribution < 1.29 is 13.6 Å². The summed E-state index contributed by atoms with van der Waals surface area (Å²) in [6.07, 6.45) is 6.94. The van der Waals surface area contributed by atoms with Crippen LogP contribution in [-0.4, -0.2) is 68.1 Å². The van der Waals surface area contributed by atoms with Gasteiger partial charge in [-0.3, -0.25) is 19.9 Å². The zero-order chi connectivity index (χ0) is 31.5. The average molecular weight is 610 g/mol. The van der Waals surface area contributed by atoms with E-state index in [0.29, 0.717) is 74.7 Å². The van der Waals surface area contributed by atoms with Gasteiger partial charge in [-0.15, -0.1) is 0 Å². The van der Waals surface area contributed by atoms with Crippen molar-refractivity contribution in [2.24, 2.45) is 0 Å². The number of anilines is 2. The van der Waals surface area contributed by atoms with Crippen LogP contribution in [0.25, 0.3) is 55.8 Å². The van der Waals surface area contributed by atoms with Crippen LogP contribution in [0.5, 0.6) is 0 Å². The molecule has 4 aromatic heterocycles. The Morgan fingerprint density at radius 1 is 0.978 bits per heavy atom. The maximum atomic E-state index is 15.4. The SMILES string of the molecule is CCCCC(=O)Nc1cncc(-c2cc(F)c3n[nH]c(-c4nc5c(-c6cc(F)cc(NCCN(C)C)c6)nccc5[nH]4)c3c2)c1. The summed E-state index contributed by atoms with van der Waals surface area (Å²) in [7, 11) is 3.95. The van der Waals surface area contributed by atoms with Crippen LogP contribution < -0.4 is 10.6 Å². The number of hydrogen-bond acceptors (Lipinski definition) is 7. The quantitative estimate of drug-likeness (QED) is 0.130. The number of aromatic nitrogens is 6. The fourth-order valence-corrected chi connectivity index (χ4v) is 5.17. The van der Waals surface area contributed by atoms with Gasteiger partial charge in [-0.1, -0.05) is 13.3 Å². The number of amides is 1. The van der Waals surface area contributed by atoms with Crippen molar-refractivity contribution in [2.45, 2.75) is 26.2 Å². The number of pyridine rings is 2. The van der Waals surface area contributed by atoms with Gasteiger partial charge in [-0.25, -0.2) is 13.8 Å². The Morgan fingerprint density at radius 3 is 2.64 bits per heavy atom. The van der Waals surface area contributed by atoms with Crippen molar-refractivity contribution in [2.75, 3.05) is 37.8 Å². The van der Waals surface area contributed by atoms with Crippen molar-refractivity contribution in [3.63, 3.8) is 0 Å². The zero-order valence-corrected chi connectivity index (χ0v) is 25.2. The molecule has 0 radical (unpaired) electrons. The van der Waals surface area contributed by atoms with Crippen molar-refractivity contribution in [1.29, 1.82) is 0 Å². The maximum absolute atomic E-state index is 15.4. The second kappa shape index (κ2) is 12.8. The molecule has 6 rings (SSSR count). The number of likely N-dealkylation sites (N-methyl/N-ethyl adjacent to an activating group) is 1. The number of H-pyrrole nitrogens is 2. The first-order valence-corrected chi connectivity index (χ1v) is 14.8. The molecular weight excluding hydrogens is 576 g/mol. The van der Waals surface area contributed by atoms with Crippen LogP contribution in [0.4, 0.5) is 20.2 Å². The van der Waals surface area contributed by atoms with Gasteiger partial charge in [0.25, 0.3) is 0 Å². The van der Waals surface area contributed by atoms with E-state index < -0.39 is 11.6 Å². The van der Waals surface area contributed by atoms with Crippen LogP contribution in [0.3, 0.4) is 0 Å². The van der Waals surface area contributed by atoms with E-state index in [9.17, 15) is 9.18 Å². The highest BCUT2D eigenvalue weighted by atomic mass is 19.1. The molecule has 0 bridgehead atoms. The molecule has 12 heteroatoms. The summed E-state index contributed by atoms with van der Waals surface area (Å²) in [6.45, 7) is 3.47.